The second kappa shape index (κ2) is 8.89. The lowest BCUT2D eigenvalue weighted by atomic mass is 10.1. The predicted molar refractivity (Wildman–Crippen MR) is 109 cm³/mol. The lowest BCUT2D eigenvalue weighted by molar-refractivity contribution is -0.892. The molecular weight excluding hydrogens is 395 g/mol. The number of nitrogens with one attached hydrogen (secondary N) is 2. The van der Waals surface area contributed by atoms with E-state index in [2.05, 4.69) is 10.2 Å². The summed E-state index contributed by atoms with van der Waals surface area (Å²) in [5.41, 5.74) is 1.80. The Balaban J connectivity index is 1.48. The molecule has 0 spiro atoms. The molecule has 1 saturated heterocycles. The molecule has 1 heterocycles. The highest BCUT2D eigenvalue weighted by Crippen LogP contribution is 2.16. The fourth-order valence-electron chi connectivity index (χ4n) is 3.46. The highest BCUT2D eigenvalue weighted by Gasteiger charge is 2.23. The normalized spacial score (nSPS) is 16.4. The zero-order valence-corrected chi connectivity index (χ0v) is 17.1. The third kappa shape index (κ3) is 5.75. The monoisotopic (exact) mass is 421 g/mol. The fourth-order valence-corrected chi connectivity index (χ4v) is 3.97. The molecule has 1 aliphatic rings. The van der Waals surface area contributed by atoms with Crippen molar-refractivity contribution in [3.05, 3.63) is 59.9 Å². The summed E-state index contributed by atoms with van der Waals surface area (Å²) in [6.07, 6.45) is 0. The van der Waals surface area contributed by atoms with Crippen LogP contribution >= 0.6 is 0 Å². The number of benzene rings is 2. The second-order valence-corrected chi connectivity index (χ2v) is 8.85. The van der Waals surface area contributed by atoms with Crippen LogP contribution in [0, 0.1) is 5.82 Å². The maximum Gasteiger partial charge on any atom is 0.275 e. The lowest BCUT2D eigenvalue weighted by Crippen LogP contribution is -3.15. The van der Waals surface area contributed by atoms with Gasteiger partial charge in [-0.2, -0.15) is 0 Å². The minimum absolute atomic E-state index is 0.0447. The van der Waals surface area contributed by atoms with Crippen LogP contribution in [0.25, 0.3) is 0 Å². The molecule has 0 saturated carbocycles. The number of hydrogen-bond acceptors (Lipinski definition) is 4. The molecule has 0 bridgehead atoms. The summed E-state index contributed by atoms with van der Waals surface area (Å²) in [6.45, 7) is 5.48. The molecule has 1 fully saturated rings. The lowest BCUT2D eigenvalue weighted by Gasteiger charge is -2.33. The Morgan fingerprint density at radius 1 is 1.14 bits per heavy atom. The van der Waals surface area contributed by atoms with E-state index in [4.69, 9.17) is 5.14 Å². The Morgan fingerprint density at radius 3 is 2.28 bits per heavy atom. The topological polar surface area (TPSA) is 96.9 Å². The first-order valence-electron chi connectivity index (χ1n) is 9.48. The van der Waals surface area contributed by atoms with Gasteiger partial charge in [-0.1, -0.05) is 12.1 Å². The van der Waals surface area contributed by atoms with Gasteiger partial charge in [-0.05, 0) is 48.9 Å². The van der Waals surface area contributed by atoms with E-state index in [-0.39, 0.29) is 22.7 Å². The van der Waals surface area contributed by atoms with Gasteiger partial charge in [-0.3, -0.25) is 4.79 Å². The number of carbonyl (C=O) groups is 1. The fraction of sp³-hybridized carbons (Fsp3) is 0.350. The van der Waals surface area contributed by atoms with Gasteiger partial charge in [-0.25, -0.2) is 17.9 Å². The summed E-state index contributed by atoms with van der Waals surface area (Å²) in [5.74, 6) is -0.304. The van der Waals surface area contributed by atoms with E-state index >= 15 is 0 Å². The minimum atomic E-state index is -3.73. The molecule has 0 radical (unpaired) electrons. The summed E-state index contributed by atoms with van der Waals surface area (Å²) in [5, 5.41) is 8.06. The Kier molecular flexibility index (Phi) is 6.51. The van der Waals surface area contributed by atoms with Crippen LogP contribution in [0.2, 0.25) is 0 Å². The van der Waals surface area contributed by atoms with E-state index in [1.165, 1.54) is 29.2 Å². The molecule has 4 N–H and O–H groups in total. The van der Waals surface area contributed by atoms with Crippen LogP contribution in [0.1, 0.15) is 18.5 Å². The number of sulfonamides is 1. The third-order valence-electron chi connectivity index (χ3n) is 5.16. The maximum atomic E-state index is 13.1. The first kappa shape index (κ1) is 21.2. The van der Waals surface area contributed by atoms with Gasteiger partial charge >= 0.3 is 0 Å². The van der Waals surface area contributed by atoms with E-state index in [1.807, 2.05) is 6.92 Å². The van der Waals surface area contributed by atoms with E-state index < -0.39 is 10.0 Å². The maximum absolute atomic E-state index is 13.1. The van der Waals surface area contributed by atoms with Gasteiger partial charge < -0.3 is 15.1 Å². The first-order chi connectivity index (χ1) is 13.7. The summed E-state index contributed by atoms with van der Waals surface area (Å²) in [4.78, 5) is 15.8. The van der Waals surface area contributed by atoms with E-state index in [0.29, 0.717) is 6.54 Å². The number of halogens is 1. The zero-order valence-electron chi connectivity index (χ0n) is 16.3. The minimum Gasteiger partial charge on any atom is -0.360 e. The van der Waals surface area contributed by atoms with E-state index in [0.717, 1.165) is 37.4 Å². The summed E-state index contributed by atoms with van der Waals surface area (Å²) >= 11 is 0. The molecular formula is C20H26FN4O3S+. The SMILES string of the molecule is C[C@H](NC(=O)C[NH+]1CCN(c2ccc(F)cc2)CC1)c1ccc(S(N)(=O)=O)cc1. The number of amides is 1. The molecule has 0 aliphatic carbocycles. The Labute approximate surface area is 170 Å². The van der Waals surface area contributed by atoms with Crippen LogP contribution in [0.3, 0.4) is 0 Å². The van der Waals surface area contributed by atoms with Crippen molar-refractivity contribution in [2.75, 3.05) is 37.6 Å². The molecule has 0 unspecified atom stereocenters. The molecule has 1 aliphatic heterocycles. The van der Waals surface area contributed by atoms with Gasteiger partial charge in [0.15, 0.2) is 6.54 Å². The second-order valence-electron chi connectivity index (χ2n) is 7.29. The number of anilines is 1. The van der Waals surface area contributed by atoms with E-state index in [1.54, 1.807) is 24.3 Å². The van der Waals surface area contributed by atoms with Crippen molar-refractivity contribution in [1.82, 2.24) is 5.32 Å². The van der Waals surface area contributed by atoms with Crippen molar-refractivity contribution in [3.8, 4) is 0 Å². The smallest absolute Gasteiger partial charge is 0.275 e. The van der Waals surface area contributed by atoms with Gasteiger partial charge in [0.2, 0.25) is 10.0 Å². The Bertz CT molecular complexity index is 941. The van der Waals surface area contributed by atoms with Gasteiger partial charge in [0.25, 0.3) is 5.91 Å². The molecule has 29 heavy (non-hydrogen) atoms. The van der Waals surface area contributed by atoms with Crippen molar-refractivity contribution in [3.63, 3.8) is 0 Å². The number of nitrogens with two attached hydrogens (primary N) is 1. The molecule has 0 aromatic heterocycles. The van der Waals surface area contributed by atoms with Gasteiger partial charge in [0.1, 0.15) is 5.82 Å². The van der Waals surface area contributed by atoms with Crippen LogP contribution < -0.4 is 20.3 Å². The third-order valence-corrected chi connectivity index (χ3v) is 6.09. The van der Waals surface area contributed by atoms with E-state index in [9.17, 15) is 17.6 Å². The van der Waals surface area contributed by atoms with Crippen LogP contribution in [0.5, 0.6) is 0 Å². The van der Waals surface area contributed by atoms with Crippen molar-refractivity contribution < 1.29 is 22.5 Å². The number of carbonyl (C=O) groups excluding carboxylic acids is 1. The number of rotatable bonds is 6. The Hall–Kier alpha value is -2.49. The van der Waals surface area contributed by atoms with Gasteiger partial charge in [0, 0.05) is 5.69 Å². The van der Waals surface area contributed by atoms with Crippen molar-refractivity contribution in [2.24, 2.45) is 5.14 Å². The quantitative estimate of drug-likeness (QED) is 0.614. The molecule has 1 amide bonds. The first-order valence-corrected chi connectivity index (χ1v) is 11.0. The van der Waals surface area contributed by atoms with Crippen LogP contribution in [-0.2, 0) is 14.8 Å². The molecule has 1 atom stereocenters. The predicted octanol–water partition coefficient (Wildman–Crippen LogP) is 0.0554. The molecule has 2 aromatic rings. The number of piperazine rings is 1. The van der Waals surface area contributed by atoms with Crippen LogP contribution in [0.4, 0.5) is 10.1 Å². The highest BCUT2D eigenvalue weighted by atomic mass is 32.2. The Morgan fingerprint density at radius 2 is 1.72 bits per heavy atom. The standard InChI is InChI=1S/C20H25FN4O3S/c1-15(16-2-8-19(9-3-16)29(22,27)28)23-20(26)14-24-10-12-25(13-11-24)18-6-4-17(21)5-7-18/h2-9,15H,10-14H2,1H3,(H,23,26)(H2,22,27,28)/p+1/t15-/m0/s1. The zero-order chi connectivity index (χ0) is 21.0. The number of primary sulfonamides is 1. The average Bonchev–Trinajstić information content (AvgIpc) is 2.68. The van der Waals surface area contributed by atoms with Gasteiger partial charge in [-0.15, -0.1) is 0 Å². The average molecular weight is 422 g/mol. The van der Waals surface area contributed by atoms with Crippen molar-refractivity contribution in [1.29, 1.82) is 0 Å². The molecule has 3 rings (SSSR count). The number of hydrogen-bond donors (Lipinski definition) is 3. The molecule has 9 heteroatoms. The van der Waals surface area contributed by atoms with Gasteiger partial charge in [0.05, 0.1) is 37.1 Å². The van der Waals surface area contributed by atoms with Crippen LogP contribution in [0.15, 0.2) is 53.4 Å². The highest BCUT2D eigenvalue weighted by molar-refractivity contribution is 7.89. The summed E-state index contributed by atoms with van der Waals surface area (Å²) in [6, 6.07) is 12.4. The number of quaternary nitrogens is 1. The van der Waals surface area contributed by atoms with Crippen molar-refractivity contribution >= 4 is 21.6 Å². The van der Waals surface area contributed by atoms with Crippen LogP contribution in [-0.4, -0.2) is 47.0 Å². The molecule has 7 nitrogen and oxygen atoms in total. The summed E-state index contributed by atoms with van der Waals surface area (Å²) in [7, 11) is -3.73. The summed E-state index contributed by atoms with van der Waals surface area (Å²) < 4.78 is 35.7. The number of nitrogens with zero attached hydrogens (tertiary/aromatic N) is 1. The largest absolute Gasteiger partial charge is 0.360 e. The van der Waals surface area contributed by atoms with Crippen molar-refractivity contribution in [2.45, 2.75) is 17.9 Å². The molecule has 156 valence electrons. The molecule has 2 aromatic carbocycles.